The van der Waals surface area contributed by atoms with Gasteiger partial charge in [-0.1, -0.05) is 145 Å². The van der Waals surface area contributed by atoms with Gasteiger partial charge in [0.25, 0.3) is 0 Å². The molecule has 0 fully saturated rings. The van der Waals surface area contributed by atoms with Gasteiger partial charge in [0.05, 0.1) is 0 Å². The SMILES string of the molecule is C=C(CC)c1ccccc1.C=CCC/C=C\C(=C)C/C=C(\C)c1ccccc1.CC.CCC. The summed E-state index contributed by atoms with van der Waals surface area (Å²) in [4.78, 5) is 0. The highest BCUT2D eigenvalue weighted by Gasteiger charge is 1.94. The third kappa shape index (κ3) is 18.4. The lowest BCUT2D eigenvalue weighted by atomic mass is 10.0. The molecular weight excluding hydrogens is 396 g/mol. The van der Waals surface area contributed by atoms with E-state index >= 15 is 0 Å². The van der Waals surface area contributed by atoms with E-state index in [-0.39, 0.29) is 0 Å². The molecule has 0 nitrogen and oxygen atoms in total. The first-order valence-corrected chi connectivity index (χ1v) is 12.4. The van der Waals surface area contributed by atoms with Crippen LogP contribution in [-0.4, -0.2) is 0 Å². The van der Waals surface area contributed by atoms with Gasteiger partial charge >= 0.3 is 0 Å². The van der Waals surface area contributed by atoms with Crippen molar-refractivity contribution in [1.29, 1.82) is 0 Å². The van der Waals surface area contributed by atoms with Crippen LogP contribution in [0, 0.1) is 0 Å². The molecule has 0 saturated carbocycles. The van der Waals surface area contributed by atoms with Gasteiger partial charge < -0.3 is 0 Å². The summed E-state index contributed by atoms with van der Waals surface area (Å²) in [6.45, 7) is 24.2. The van der Waals surface area contributed by atoms with Gasteiger partial charge in [0, 0.05) is 0 Å². The van der Waals surface area contributed by atoms with Gasteiger partial charge in [-0.25, -0.2) is 0 Å². The van der Waals surface area contributed by atoms with Crippen molar-refractivity contribution in [2.75, 3.05) is 0 Å². The summed E-state index contributed by atoms with van der Waals surface area (Å²) >= 11 is 0. The van der Waals surface area contributed by atoms with Crippen molar-refractivity contribution in [3.05, 3.63) is 121 Å². The van der Waals surface area contributed by atoms with Crippen molar-refractivity contribution in [3.8, 4) is 0 Å². The van der Waals surface area contributed by atoms with Gasteiger partial charge in [0.15, 0.2) is 0 Å². The fourth-order valence-corrected chi connectivity index (χ4v) is 2.51. The Labute approximate surface area is 206 Å². The topological polar surface area (TPSA) is 0 Å². The first kappa shape index (κ1) is 32.3. The Morgan fingerprint density at radius 2 is 1.27 bits per heavy atom. The van der Waals surface area contributed by atoms with E-state index in [4.69, 9.17) is 0 Å². The van der Waals surface area contributed by atoms with E-state index < -0.39 is 0 Å². The second kappa shape index (κ2) is 23.8. The number of hydrogen-bond donors (Lipinski definition) is 0. The average molecular weight is 445 g/mol. The van der Waals surface area contributed by atoms with Crippen molar-refractivity contribution < 1.29 is 0 Å². The van der Waals surface area contributed by atoms with Gasteiger partial charge in [0.2, 0.25) is 0 Å². The first-order valence-electron chi connectivity index (χ1n) is 12.4. The van der Waals surface area contributed by atoms with E-state index in [1.807, 2.05) is 44.2 Å². The molecule has 2 aromatic carbocycles. The van der Waals surface area contributed by atoms with Gasteiger partial charge in [-0.2, -0.15) is 0 Å². The summed E-state index contributed by atoms with van der Waals surface area (Å²) in [6, 6.07) is 20.7. The Morgan fingerprint density at radius 3 is 1.73 bits per heavy atom. The quantitative estimate of drug-likeness (QED) is 0.205. The van der Waals surface area contributed by atoms with E-state index in [1.165, 1.54) is 28.7 Å². The summed E-state index contributed by atoms with van der Waals surface area (Å²) in [5, 5.41) is 0. The second-order valence-corrected chi connectivity index (χ2v) is 7.41. The van der Waals surface area contributed by atoms with E-state index in [1.54, 1.807) is 0 Å². The first-order chi connectivity index (χ1) is 16.0. The normalized spacial score (nSPS) is 9.94. The van der Waals surface area contributed by atoms with Crippen LogP contribution in [0.1, 0.15) is 84.8 Å². The zero-order valence-corrected chi connectivity index (χ0v) is 22.2. The molecule has 0 aliphatic rings. The van der Waals surface area contributed by atoms with Crippen LogP contribution in [0.2, 0.25) is 0 Å². The predicted octanol–water partition coefficient (Wildman–Crippen LogP) is 11.1. The fraction of sp³-hybridized carbons (Fsp3) is 0.333. The van der Waals surface area contributed by atoms with Crippen LogP contribution in [0.3, 0.4) is 0 Å². The number of benzene rings is 2. The molecule has 0 bridgehead atoms. The van der Waals surface area contributed by atoms with Gasteiger partial charge in [-0.3, -0.25) is 0 Å². The van der Waals surface area contributed by atoms with Crippen molar-refractivity contribution in [2.45, 2.75) is 73.6 Å². The van der Waals surface area contributed by atoms with E-state index in [2.05, 4.69) is 102 Å². The van der Waals surface area contributed by atoms with Gasteiger partial charge in [0.1, 0.15) is 0 Å². The highest BCUT2D eigenvalue weighted by molar-refractivity contribution is 5.64. The molecule has 0 saturated heterocycles. The van der Waals surface area contributed by atoms with Crippen LogP contribution in [0.4, 0.5) is 0 Å². The Bertz CT molecular complexity index is 788. The number of rotatable bonds is 9. The molecule has 0 aliphatic carbocycles. The minimum atomic E-state index is 0.908. The highest BCUT2D eigenvalue weighted by Crippen LogP contribution is 2.16. The summed E-state index contributed by atoms with van der Waals surface area (Å²) in [7, 11) is 0. The maximum atomic E-state index is 4.06. The highest BCUT2D eigenvalue weighted by atomic mass is 14.0. The smallest absolute Gasteiger partial charge is 0.00975 e. The molecule has 0 radical (unpaired) electrons. The third-order valence-electron chi connectivity index (χ3n) is 4.40. The van der Waals surface area contributed by atoms with Crippen LogP contribution in [0.15, 0.2) is 110 Å². The maximum Gasteiger partial charge on any atom is -0.00975 e. The van der Waals surface area contributed by atoms with Crippen LogP contribution in [0.25, 0.3) is 11.1 Å². The minimum Gasteiger partial charge on any atom is -0.103 e. The Balaban J connectivity index is 0. The molecule has 2 rings (SSSR count). The summed E-state index contributed by atoms with van der Waals surface area (Å²) in [6.07, 6.45) is 13.7. The predicted molar refractivity (Wildman–Crippen MR) is 156 cm³/mol. The van der Waals surface area contributed by atoms with E-state index in [0.717, 1.165) is 31.3 Å². The monoisotopic (exact) mass is 444 g/mol. The van der Waals surface area contributed by atoms with Crippen LogP contribution in [0.5, 0.6) is 0 Å². The number of unbranched alkanes of at least 4 members (excludes halogenated alkanes) is 1. The van der Waals surface area contributed by atoms with Crippen molar-refractivity contribution >= 4 is 11.1 Å². The van der Waals surface area contributed by atoms with Crippen molar-refractivity contribution in [1.82, 2.24) is 0 Å². The third-order valence-corrected chi connectivity index (χ3v) is 4.40. The van der Waals surface area contributed by atoms with Gasteiger partial charge in [-0.15, -0.1) is 6.58 Å². The molecule has 2 aromatic rings. The molecule has 33 heavy (non-hydrogen) atoms. The molecule has 0 amide bonds. The molecule has 0 heterocycles. The number of allylic oxidation sites excluding steroid dienone is 7. The molecular formula is C33H48. The molecule has 0 unspecified atom stereocenters. The lowest BCUT2D eigenvalue weighted by molar-refractivity contribution is 1.05. The van der Waals surface area contributed by atoms with Crippen LogP contribution >= 0.6 is 0 Å². The zero-order chi connectivity index (χ0) is 25.3. The summed E-state index contributed by atoms with van der Waals surface area (Å²) in [5.74, 6) is 0. The molecule has 0 aliphatic heterocycles. The Hall–Kier alpha value is -2.86. The maximum absolute atomic E-state index is 4.06. The van der Waals surface area contributed by atoms with Gasteiger partial charge in [-0.05, 0) is 54.9 Å². The number of hydrogen-bond acceptors (Lipinski definition) is 0. The van der Waals surface area contributed by atoms with Crippen molar-refractivity contribution in [3.63, 3.8) is 0 Å². The average Bonchev–Trinajstić information content (AvgIpc) is 2.88. The second-order valence-electron chi connectivity index (χ2n) is 7.41. The minimum absolute atomic E-state index is 0.908. The van der Waals surface area contributed by atoms with Crippen LogP contribution in [-0.2, 0) is 0 Å². The zero-order valence-electron chi connectivity index (χ0n) is 22.2. The Morgan fingerprint density at radius 1 is 0.788 bits per heavy atom. The molecule has 0 N–H and O–H groups in total. The molecule has 0 atom stereocenters. The lowest BCUT2D eigenvalue weighted by Crippen LogP contribution is -1.79. The lowest BCUT2D eigenvalue weighted by Gasteiger charge is -2.01. The van der Waals surface area contributed by atoms with E-state index in [9.17, 15) is 0 Å². The molecule has 0 spiro atoms. The largest absolute Gasteiger partial charge is 0.103 e. The molecule has 180 valence electrons. The van der Waals surface area contributed by atoms with Crippen LogP contribution < -0.4 is 0 Å². The summed E-state index contributed by atoms with van der Waals surface area (Å²) in [5.41, 5.74) is 6.19. The Kier molecular flexibility index (Phi) is 23.3. The molecule has 0 heteroatoms. The van der Waals surface area contributed by atoms with Crippen molar-refractivity contribution in [2.24, 2.45) is 0 Å². The fourth-order valence-electron chi connectivity index (χ4n) is 2.51. The summed E-state index contributed by atoms with van der Waals surface area (Å²) < 4.78 is 0. The standard InChI is InChI=1S/C18H22.C10H12.C3H8.C2H6/c1-4-5-6-8-11-16(2)14-15-17(3)18-12-9-7-10-13-18;1-3-9(2)10-7-5-4-6-8-10;1-3-2;1-2/h4,7-13,15H,1-2,5-6,14H2,3H3;4-8H,2-3H2,1H3;3H2,1-2H3;1-2H3/b11-8-,17-15+;;;. The van der Waals surface area contributed by atoms with E-state index in [0.29, 0.717) is 0 Å². The molecule has 0 aromatic heterocycles.